The third-order valence-electron chi connectivity index (χ3n) is 3.96. The van der Waals surface area contributed by atoms with Gasteiger partial charge in [-0.15, -0.1) is 0 Å². The second-order valence-electron chi connectivity index (χ2n) is 7.70. The molecule has 3 rings (SSSR count). The third-order valence-corrected chi connectivity index (χ3v) is 3.96. The summed E-state index contributed by atoms with van der Waals surface area (Å²) in [5.41, 5.74) is 8.16. The first-order valence-electron chi connectivity index (χ1n) is 8.88. The minimum absolute atomic E-state index is 0.257. The quantitative estimate of drug-likeness (QED) is 0.689. The van der Waals surface area contributed by atoms with Gasteiger partial charge in [0.15, 0.2) is 5.65 Å². The van der Waals surface area contributed by atoms with E-state index in [2.05, 4.69) is 23.9 Å². The second kappa shape index (κ2) is 6.90. The van der Waals surface area contributed by atoms with Crippen molar-refractivity contribution < 1.29 is 9.53 Å². The van der Waals surface area contributed by atoms with Crippen molar-refractivity contribution in [3.63, 3.8) is 0 Å². The van der Waals surface area contributed by atoms with E-state index in [1.54, 1.807) is 47.2 Å². The van der Waals surface area contributed by atoms with E-state index in [1.807, 2.05) is 20.8 Å². The third kappa shape index (κ3) is 3.86. The van der Waals surface area contributed by atoms with Gasteiger partial charge in [-0.05, 0) is 44.9 Å². The Hall–Kier alpha value is -3.09. The van der Waals surface area contributed by atoms with E-state index in [9.17, 15) is 4.79 Å². The highest BCUT2D eigenvalue weighted by Crippen LogP contribution is 2.30. The highest BCUT2D eigenvalue weighted by molar-refractivity contribution is 5.96. The van der Waals surface area contributed by atoms with E-state index < -0.39 is 11.7 Å². The molecule has 7 heteroatoms. The summed E-state index contributed by atoms with van der Waals surface area (Å²) in [5, 5.41) is 4.46. The standard InChI is InChI=1S/C20H25N5O2/c1-13(2)16-12-23-25-17(9-10-22-18(16)25)24(19(26)27-20(3,4)5)15-8-6-7-14(21)11-15/h6-13H,21H2,1-5H3. The number of anilines is 3. The molecule has 7 nitrogen and oxygen atoms in total. The van der Waals surface area contributed by atoms with Crippen LogP contribution in [-0.2, 0) is 4.74 Å². The maximum atomic E-state index is 13.1. The Morgan fingerprint density at radius 1 is 1.26 bits per heavy atom. The molecule has 2 heterocycles. The number of aromatic nitrogens is 3. The number of hydrogen-bond acceptors (Lipinski definition) is 5. The molecule has 0 unspecified atom stereocenters. The van der Waals surface area contributed by atoms with Crippen LogP contribution in [0.25, 0.3) is 5.65 Å². The summed E-state index contributed by atoms with van der Waals surface area (Å²) in [6.45, 7) is 9.64. The number of nitrogens with zero attached hydrogens (tertiary/aromatic N) is 4. The van der Waals surface area contributed by atoms with E-state index in [0.717, 1.165) is 5.56 Å². The van der Waals surface area contributed by atoms with Crippen molar-refractivity contribution in [1.82, 2.24) is 14.6 Å². The van der Waals surface area contributed by atoms with Gasteiger partial charge in [0.2, 0.25) is 0 Å². The molecule has 0 saturated carbocycles. The first-order chi connectivity index (χ1) is 12.7. The van der Waals surface area contributed by atoms with E-state index in [0.29, 0.717) is 22.8 Å². The zero-order valence-corrected chi connectivity index (χ0v) is 16.3. The Balaban J connectivity index is 2.19. The van der Waals surface area contributed by atoms with Gasteiger partial charge in [0.25, 0.3) is 0 Å². The number of hydrogen-bond donors (Lipinski definition) is 1. The Morgan fingerprint density at radius 2 is 2.00 bits per heavy atom. The molecule has 142 valence electrons. The van der Waals surface area contributed by atoms with Crippen LogP contribution in [0.2, 0.25) is 0 Å². The van der Waals surface area contributed by atoms with Gasteiger partial charge in [-0.3, -0.25) is 0 Å². The topological polar surface area (TPSA) is 85.8 Å². The number of ether oxygens (including phenoxy) is 1. The van der Waals surface area contributed by atoms with Crippen molar-refractivity contribution in [2.45, 2.75) is 46.1 Å². The van der Waals surface area contributed by atoms with Crippen molar-refractivity contribution in [2.24, 2.45) is 0 Å². The molecule has 0 atom stereocenters. The van der Waals surface area contributed by atoms with Gasteiger partial charge in [0.1, 0.15) is 11.4 Å². The van der Waals surface area contributed by atoms with Gasteiger partial charge in [-0.25, -0.2) is 14.7 Å². The molecule has 1 amide bonds. The first kappa shape index (κ1) is 18.7. The zero-order valence-electron chi connectivity index (χ0n) is 16.3. The second-order valence-corrected chi connectivity index (χ2v) is 7.70. The lowest BCUT2D eigenvalue weighted by atomic mass is 10.1. The number of nitrogens with two attached hydrogens (primary N) is 1. The lowest BCUT2D eigenvalue weighted by Gasteiger charge is -2.27. The van der Waals surface area contributed by atoms with Crippen molar-refractivity contribution in [1.29, 1.82) is 0 Å². The molecule has 0 aliphatic carbocycles. The maximum Gasteiger partial charge on any atom is 0.420 e. The molecule has 0 aliphatic heterocycles. The Bertz CT molecular complexity index is 972. The van der Waals surface area contributed by atoms with Crippen molar-refractivity contribution >= 4 is 28.9 Å². The summed E-state index contributed by atoms with van der Waals surface area (Å²) < 4.78 is 7.29. The van der Waals surface area contributed by atoms with Crippen molar-refractivity contribution in [3.8, 4) is 0 Å². The summed E-state index contributed by atoms with van der Waals surface area (Å²) in [4.78, 5) is 19.0. The summed E-state index contributed by atoms with van der Waals surface area (Å²) in [5.74, 6) is 0.791. The molecular weight excluding hydrogens is 342 g/mol. The zero-order chi connectivity index (χ0) is 19.8. The maximum absolute atomic E-state index is 13.1. The number of carbonyl (C=O) groups is 1. The van der Waals surface area contributed by atoms with Gasteiger partial charge in [0.05, 0.1) is 11.9 Å². The monoisotopic (exact) mass is 367 g/mol. The SMILES string of the molecule is CC(C)c1cnn2c(N(C(=O)OC(C)(C)C)c3cccc(N)c3)ccnc12. The summed E-state index contributed by atoms with van der Waals surface area (Å²) >= 11 is 0. The van der Waals surface area contributed by atoms with E-state index in [1.165, 1.54) is 4.90 Å². The van der Waals surface area contributed by atoms with Crippen LogP contribution in [0.3, 0.4) is 0 Å². The molecule has 27 heavy (non-hydrogen) atoms. The lowest BCUT2D eigenvalue weighted by Crippen LogP contribution is -2.35. The van der Waals surface area contributed by atoms with E-state index >= 15 is 0 Å². The molecule has 0 spiro atoms. The van der Waals surface area contributed by atoms with Gasteiger partial charge in [0, 0.05) is 23.5 Å². The molecule has 0 fully saturated rings. The molecule has 0 aliphatic rings. The average molecular weight is 367 g/mol. The molecular formula is C20H25N5O2. The van der Waals surface area contributed by atoms with E-state index in [4.69, 9.17) is 10.5 Å². The Labute approximate surface area is 158 Å². The van der Waals surface area contributed by atoms with Gasteiger partial charge in [-0.1, -0.05) is 19.9 Å². The first-order valence-corrected chi connectivity index (χ1v) is 8.88. The number of nitrogen functional groups attached to an aromatic ring is 1. The van der Waals surface area contributed by atoms with E-state index in [-0.39, 0.29) is 5.92 Å². The van der Waals surface area contributed by atoms with Crippen LogP contribution in [0, 0.1) is 0 Å². The van der Waals surface area contributed by atoms with Gasteiger partial charge in [-0.2, -0.15) is 9.61 Å². The number of carbonyl (C=O) groups excluding carboxylic acids is 1. The molecule has 0 bridgehead atoms. The fraction of sp³-hybridized carbons (Fsp3) is 0.350. The Kier molecular flexibility index (Phi) is 4.78. The molecule has 2 aromatic heterocycles. The summed E-state index contributed by atoms with van der Waals surface area (Å²) in [6.07, 6.45) is 2.94. The van der Waals surface area contributed by atoms with Crippen LogP contribution in [-0.4, -0.2) is 26.3 Å². The van der Waals surface area contributed by atoms with Gasteiger partial charge >= 0.3 is 6.09 Å². The smallest absolute Gasteiger partial charge is 0.420 e. The van der Waals surface area contributed by atoms with Crippen LogP contribution in [0.4, 0.5) is 22.0 Å². The fourth-order valence-electron chi connectivity index (χ4n) is 2.78. The van der Waals surface area contributed by atoms with Crippen molar-refractivity contribution in [3.05, 3.63) is 48.3 Å². The van der Waals surface area contributed by atoms with Crippen LogP contribution in [0.1, 0.15) is 46.1 Å². The highest BCUT2D eigenvalue weighted by atomic mass is 16.6. The average Bonchev–Trinajstić information content (AvgIpc) is 2.98. The van der Waals surface area contributed by atoms with Crippen LogP contribution in [0.5, 0.6) is 0 Å². The van der Waals surface area contributed by atoms with Crippen LogP contribution in [0.15, 0.2) is 42.7 Å². The number of rotatable bonds is 3. The number of benzene rings is 1. The predicted octanol–water partition coefficient (Wildman–Crippen LogP) is 4.51. The number of amides is 1. The van der Waals surface area contributed by atoms with Crippen LogP contribution < -0.4 is 10.6 Å². The molecule has 0 radical (unpaired) electrons. The molecule has 1 aromatic carbocycles. The largest absolute Gasteiger partial charge is 0.443 e. The lowest BCUT2D eigenvalue weighted by molar-refractivity contribution is 0.0597. The number of fused-ring (bicyclic) bond motifs is 1. The molecule has 2 N–H and O–H groups in total. The highest BCUT2D eigenvalue weighted by Gasteiger charge is 2.27. The van der Waals surface area contributed by atoms with Gasteiger partial charge < -0.3 is 10.5 Å². The molecule has 3 aromatic rings. The minimum Gasteiger partial charge on any atom is -0.443 e. The predicted molar refractivity (Wildman–Crippen MR) is 106 cm³/mol. The normalized spacial score (nSPS) is 11.8. The molecule has 0 saturated heterocycles. The summed E-state index contributed by atoms with van der Waals surface area (Å²) in [7, 11) is 0. The van der Waals surface area contributed by atoms with Crippen molar-refractivity contribution in [2.75, 3.05) is 10.6 Å². The Morgan fingerprint density at radius 3 is 2.63 bits per heavy atom. The summed E-state index contributed by atoms with van der Waals surface area (Å²) in [6, 6.07) is 8.83. The fourth-order valence-corrected chi connectivity index (χ4v) is 2.78. The van der Waals surface area contributed by atoms with Crippen LogP contribution >= 0.6 is 0 Å². The minimum atomic E-state index is -0.644.